The quantitative estimate of drug-likeness (QED) is 0.912. The number of aliphatic hydroxyl groups excluding tert-OH is 1. The molecule has 3 rings (SSSR count). The van der Waals surface area contributed by atoms with Crippen molar-refractivity contribution >= 4 is 0 Å². The van der Waals surface area contributed by atoms with Gasteiger partial charge < -0.3 is 14.4 Å². The maximum absolute atomic E-state index is 10.1. The van der Waals surface area contributed by atoms with Crippen molar-refractivity contribution in [1.29, 1.82) is 0 Å². The Morgan fingerprint density at radius 3 is 3.00 bits per heavy atom. The maximum Gasteiger partial charge on any atom is 0.229 e. The van der Waals surface area contributed by atoms with E-state index in [4.69, 9.17) is 9.26 Å². The second-order valence-corrected chi connectivity index (χ2v) is 7.25. The van der Waals surface area contributed by atoms with Gasteiger partial charge >= 0.3 is 0 Å². The zero-order chi connectivity index (χ0) is 15.0. The molecule has 21 heavy (non-hydrogen) atoms. The number of ether oxygens (including phenoxy) is 1. The van der Waals surface area contributed by atoms with Gasteiger partial charge in [0.25, 0.3) is 0 Å². The van der Waals surface area contributed by atoms with E-state index in [0.717, 1.165) is 19.7 Å². The lowest BCUT2D eigenvalue weighted by atomic mass is 9.87. The average Bonchev–Trinajstić information content (AvgIpc) is 3.04. The van der Waals surface area contributed by atoms with Gasteiger partial charge in [0.05, 0.1) is 19.1 Å². The van der Waals surface area contributed by atoms with E-state index < -0.39 is 6.10 Å². The van der Waals surface area contributed by atoms with E-state index in [2.05, 4.69) is 15.0 Å². The van der Waals surface area contributed by atoms with Gasteiger partial charge in [0.2, 0.25) is 11.7 Å². The molecule has 2 saturated heterocycles. The van der Waals surface area contributed by atoms with Crippen molar-refractivity contribution in [2.75, 3.05) is 19.7 Å². The smallest absolute Gasteiger partial charge is 0.229 e. The first-order valence-electron chi connectivity index (χ1n) is 7.79. The van der Waals surface area contributed by atoms with Crippen LogP contribution in [-0.2, 0) is 11.2 Å². The first-order valence-corrected chi connectivity index (χ1v) is 7.79. The molecule has 3 heterocycles. The number of hydrogen-bond acceptors (Lipinski definition) is 6. The van der Waals surface area contributed by atoms with Crippen LogP contribution in [0.3, 0.4) is 0 Å². The van der Waals surface area contributed by atoms with Crippen molar-refractivity contribution in [3.63, 3.8) is 0 Å². The summed E-state index contributed by atoms with van der Waals surface area (Å²) in [5.74, 6) is 1.09. The molecule has 0 spiro atoms. The van der Waals surface area contributed by atoms with E-state index >= 15 is 0 Å². The summed E-state index contributed by atoms with van der Waals surface area (Å²) in [6, 6.07) is 0.565. The predicted octanol–water partition coefficient (Wildman–Crippen LogP) is 1.55. The molecule has 2 aliphatic rings. The van der Waals surface area contributed by atoms with Gasteiger partial charge in [-0.1, -0.05) is 25.9 Å². The Kier molecular flexibility index (Phi) is 4.03. The minimum atomic E-state index is -0.499. The number of nitrogens with zero attached hydrogens (tertiary/aromatic N) is 3. The number of morpholine rings is 1. The van der Waals surface area contributed by atoms with E-state index in [1.807, 2.05) is 20.8 Å². The molecule has 1 aromatic rings. The van der Waals surface area contributed by atoms with Crippen molar-refractivity contribution in [1.82, 2.24) is 15.0 Å². The Balaban J connectivity index is 1.62. The third kappa shape index (κ3) is 3.27. The lowest BCUT2D eigenvalue weighted by Crippen LogP contribution is -2.42. The highest BCUT2D eigenvalue weighted by Gasteiger charge is 2.35. The van der Waals surface area contributed by atoms with Crippen molar-refractivity contribution < 1.29 is 14.4 Å². The summed E-state index contributed by atoms with van der Waals surface area (Å²) in [6.07, 6.45) is 2.25. The second kappa shape index (κ2) is 5.66. The number of aromatic nitrogens is 2. The summed E-state index contributed by atoms with van der Waals surface area (Å²) in [7, 11) is 0. The summed E-state index contributed by atoms with van der Waals surface area (Å²) in [4.78, 5) is 6.86. The van der Waals surface area contributed by atoms with E-state index in [0.29, 0.717) is 24.2 Å². The highest BCUT2D eigenvalue weighted by atomic mass is 16.5. The van der Waals surface area contributed by atoms with E-state index in [1.54, 1.807) is 0 Å². The van der Waals surface area contributed by atoms with Crippen LogP contribution in [0.5, 0.6) is 0 Å². The minimum absolute atomic E-state index is 0.108. The van der Waals surface area contributed by atoms with E-state index in [-0.39, 0.29) is 11.5 Å². The number of rotatable bonds is 3. The standard InChI is InChI=1S/C15H25N3O3/c1-15(2,3)12(19)7-13-16-14(17-21-13)11-8-18-6-4-5-10(18)9-20-11/h10-12,19H,4-9H2,1-3H3. The van der Waals surface area contributed by atoms with Crippen molar-refractivity contribution in [2.24, 2.45) is 5.41 Å². The van der Waals surface area contributed by atoms with Crippen molar-refractivity contribution in [3.8, 4) is 0 Å². The van der Waals surface area contributed by atoms with Gasteiger partial charge in [-0.2, -0.15) is 4.98 Å². The molecule has 0 amide bonds. The molecular formula is C15H25N3O3. The van der Waals surface area contributed by atoms with Gasteiger partial charge in [0.15, 0.2) is 0 Å². The van der Waals surface area contributed by atoms with Crippen LogP contribution in [-0.4, -0.2) is 52.0 Å². The summed E-state index contributed by atoms with van der Waals surface area (Å²) >= 11 is 0. The topological polar surface area (TPSA) is 71.6 Å². The average molecular weight is 295 g/mol. The number of hydrogen-bond donors (Lipinski definition) is 1. The van der Waals surface area contributed by atoms with E-state index in [1.165, 1.54) is 12.8 Å². The first-order chi connectivity index (χ1) is 9.93. The largest absolute Gasteiger partial charge is 0.392 e. The Hall–Kier alpha value is -0.980. The highest BCUT2D eigenvalue weighted by Crippen LogP contribution is 2.29. The molecule has 6 nitrogen and oxygen atoms in total. The molecule has 0 aliphatic carbocycles. The summed E-state index contributed by atoms with van der Waals surface area (Å²) in [6.45, 7) is 8.70. The third-order valence-corrected chi connectivity index (χ3v) is 4.53. The number of aliphatic hydroxyl groups is 1. The molecule has 0 radical (unpaired) electrons. The Morgan fingerprint density at radius 2 is 2.24 bits per heavy atom. The maximum atomic E-state index is 10.1. The van der Waals surface area contributed by atoms with Crippen LogP contribution in [0.25, 0.3) is 0 Å². The molecule has 0 bridgehead atoms. The molecule has 3 unspecified atom stereocenters. The van der Waals surface area contributed by atoms with Crippen LogP contribution >= 0.6 is 0 Å². The third-order valence-electron chi connectivity index (χ3n) is 4.53. The van der Waals surface area contributed by atoms with Crippen LogP contribution < -0.4 is 0 Å². The lowest BCUT2D eigenvalue weighted by Gasteiger charge is -2.33. The Morgan fingerprint density at radius 1 is 1.43 bits per heavy atom. The number of fused-ring (bicyclic) bond motifs is 1. The fourth-order valence-electron chi connectivity index (χ4n) is 2.93. The van der Waals surface area contributed by atoms with Gasteiger partial charge in [0, 0.05) is 12.6 Å². The molecule has 2 aliphatic heterocycles. The Bertz CT molecular complexity index is 483. The molecule has 118 valence electrons. The summed E-state index contributed by atoms with van der Waals surface area (Å²) in [5.41, 5.74) is -0.196. The van der Waals surface area contributed by atoms with Gasteiger partial charge in [-0.15, -0.1) is 0 Å². The van der Waals surface area contributed by atoms with Crippen molar-refractivity contribution in [2.45, 2.75) is 58.3 Å². The van der Waals surface area contributed by atoms with Crippen molar-refractivity contribution in [3.05, 3.63) is 11.7 Å². The molecule has 6 heteroatoms. The van der Waals surface area contributed by atoms with Gasteiger partial charge in [-0.25, -0.2) is 0 Å². The highest BCUT2D eigenvalue weighted by molar-refractivity contribution is 4.98. The van der Waals surface area contributed by atoms with Gasteiger partial charge in [-0.05, 0) is 24.8 Å². The zero-order valence-corrected chi connectivity index (χ0v) is 13.1. The monoisotopic (exact) mass is 295 g/mol. The SMILES string of the molecule is CC(C)(C)C(O)Cc1nc(C2CN3CCCC3CO2)no1. The normalized spacial score (nSPS) is 28.6. The molecule has 0 aromatic carbocycles. The van der Waals surface area contributed by atoms with Crippen LogP contribution in [0.2, 0.25) is 0 Å². The van der Waals surface area contributed by atoms with Gasteiger partial charge in [0.1, 0.15) is 6.10 Å². The fourth-order valence-corrected chi connectivity index (χ4v) is 2.93. The van der Waals surface area contributed by atoms with Gasteiger partial charge in [-0.3, -0.25) is 4.90 Å². The molecular weight excluding hydrogens is 270 g/mol. The van der Waals surface area contributed by atoms with E-state index in [9.17, 15) is 5.11 Å². The zero-order valence-electron chi connectivity index (χ0n) is 13.1. The predicted molar refractivity (Wildman–Crippen MR) is 76.8 cm³/mol. The second-order valence-electron chi connectivity index (χ2n) is 7.25. The van der Waals surface area contributed by atoms with Crippen LogP contribution in [0.15, 0.2) is 4.52 Å². The Labute approximate surface area is 125 Å². The lowest BCUT2D eigenvalue weighted by molar-refractivity contribution is -0.0548. The fraction of sp³-hybridized carbons (Fsp3) is 0.867. The summed E-state index contributed by atoms with van der Waals surface area (Å²) in [5, 5.41) is 14.2. The first kappa shape index (κ1) is 14.9. The summed E-state index contributed by atoms with van der Waals surface area (Å²) < 4.78 is 11.1. The molecule has 3 atom stereocenters. The van der Waals surface area contributed by atoms with Crippen LogP contribution in [0.1, 0.15) is 51.4 Å². The van der Waals surface area contributed by atoms with Crippen LogP contribution in [0.4, 0.5) is 0 Å². The molecule has 1 aromatic heterocycles. The molecule has 0 saturated carbocycles. The molecule has 1 N–H and O–H groups in total. The minimum Gasteiger partial charge on any atom is -0.392 e. The van der Waals surface area contributed by atoms with Crippen LogP contribution in [0, 0.1) is 5.41 Å². The molecule has 2 fully saturated rings.